The average Bonchev–Trinajstić information content (AvgIpc) is 3.42. The molecule has 0 unspecified atom stereocenters. The molecule has 2 heterocycles. The molecule has 0 aliphatic heterocycles. The number of unbranched alkanes of at least 4 members (excludes halogenated alkanes) is 1. The van der Waals surface area contributed by atoms with Gasteiger partial charge in [0, 0.05) is 11.1 Å². The molecule has 0 saturated carbocycles. The number of rotatable bonds is 7. The van der Waals surface area contributed by atoms with Crippen LogP contribution in [0.1, 0.15) is 50.8 Å². The zero-order valence-electron chi connectivity index (χ0n) is 17.0. The quantitative estimate of drug-likeness (QED) is 0.422. The third kappa shape index (κ3) is 4.26. The van der Waals surface area contributed by atoms with Crippen LogP contribution in [0.4, 0.5) is 0 Å². The summed E-state index contributed by atoms with van der Waals surface area (Å²) in [7, 11) is 0. The van der Waals surface area contributed by atoms with Gasteiger partial charge in [-0.3, -0.25) is 0 Å². The topological polar surface area (TPSA) is 69.6 Å². The Morgan fingerprint density at radius 1 is 0.862 bits per heavy atom. The number of benzene rings is 2. The predicted octanol–water partition coefficient (Wildman–Crippen LogP) is 5.45. The minimum absolute atomic E-state index is 0.494. The Balaban J connectivity index is 1.50. The van der Waals surface area contributed by atoms with Crippen molar-refractivity contribution in [3.63, 3.8) is 0 Å². The van der Waals surface area contributed by atoms with E-state index in [0.29, 0.717) is 17.7 Å². The molecule has 0 bridgehead atoms. The van der Waals surface area contributed by atoms with E-state index in [0.717, 1.165) is 41.8 Å². The van der Waals surface area contributed by atoms with Crippen LogP contribution >= 0.6 is 0 Å². The summed E-state index contributed by atoms with van der Waals surface area (Å²) < 4.78 is 7.69. The van der Waals surface area contributed by atoms with Crippen molar-refractivity contribution in [2.24, 2.45) is 0 Å². The molecular weight excluding hydrogens is 362 g/mol. The lowest BCUT2D eigenvalue weighted by atomic mass is 10.0. The van der Waals surface area contributed by atoms with Crippen molar-refractivity contribution in [3.8, 4) is 28.6 Å². The maximum absolute atomic E-state index is 5.89. The summed E-state index contributed by atoms with van der Waals surface area (Å²) >= 11 is 0. The fraction of sp³-hybridized carbons (Fsp3) is 0.304. The van der Waals surface area contributed by atoms with E-state index in [-0.39, 0.29) is 0 Å². The maximum Gasteiger partial charge on any atom is 0.248 e. The highest BCUT2D eigenvalue weighted by Gasteiger charge is 2.11. The molecule has 29 heavy (non-hydrogen) atoms. The molecule has 0 amide bonds. The van der Waals surface area contributed by atoms with Crippen molar-refractivity contribution < 1.29 is 4.42 Å². The van der Waals surface area contributed by atoms with E-state index < -0.39 is 0 Å². The molecule has 0 fully saturated rings. The van der Waals surface area contributed by atoms with Crippen molar-refractivity contribution >= 4 is 0 Å². The van der Waals surface area contributed by atoms with E-state index in [4.69, 9.17) is 4.42 Å². The van der Waals surface area contributed by atoms with Gasteiger partial charge in [0.25, 0.3) is 0 Å². The van der Waals surface area contributed by atoms with Crippen molar-refractivity contribution in [1.29, 1.82) is 0 Å². The van der Waals surface area contributed by atoms with E-state index in [9.17, 15) is 0 Å². The first-order chi connectivity index (χ1) is 14.1. The van der Waals surface area contributed by atoms with Crippen molar-refractivity contribution in [2.45, 2.75) is 46.0 Å². The van der Waals surface area contributed by atoms with E-state index in [2.05, 4.69) is 53.4 Å². The second-order valence-electron chi connectivity index (χ2n) is 7.49. The molecule has 4 aromatic rings. The summed E-state index contributed by atoms with van der Waals surface area (Å²) in [5.41, 5.74) is 5.05. The smallest absolute Gasteiger partial charge is 0.248 e. The maximum atomic E-state index is 5.89. The van der Waals surface area contributed by atoms with Gasteiger partial charge in [-0.25, -0.2) is 4.68 Å². The van der Waals surface area contributed by atoms with E-state index in [1.165, 1.54) is 5.56 Å². The molecule has 2 aromatic heterocycles. The molecule has 0 aliphatic rings. The first-order valence-corrected chi connectivity index (χ1v) is 10.1. The van der Waals surface area contributed by atoms with Crippen LogP contribution < -0.4 is 0 Å². The van der Waals surface area contributed by atoms with Gasteiger partial charge < -0.3 is 4.42 Å². The van der Waals surface area contributed by atoms with Crippen LogP contribution in [-0.4, -0.2) is 25.2 Å². The Morgan fingerprint density at radius 2 is 1.48 bits per heavy atom. The summed E-state index contributed by atoms with van der Waals surface area (Å²) in [6.07, 6.45) is 5.21. The molecule has 0 spiro atoms. The van der Waals surface area contributed by atoms with E-state index in [1.807, 2.05) is 42.6 Å². The summed E-state index contributed by atoms with van der Waals surface area (Å²) in [4.78, 5) is 0. The lowest BCUT2D eigenvalue weighted by molar-refractivity contribution is 0.584. The van der Waals surface area contributed by atoms with Gasteiger partial charge in [-0.05, 0) is 60.7 Å². The van der Waals surface area contributed by atoms with E-state index >= 15 is 0 Å². The highest BCUT2D eigenvalue weighted by atomic mass is 16.4. The lowest BCUT2D eigenvalue weighted by Crippen LogP contribution is -1.94. The van der Waals surface area contributed by atoms with Crippen molar-refractivity contribution in [2.75, 3.05) is 0 Å². The normalized spacial score (nSPS) is 11.3. The van der Waals surface area contributed by atoms with Gasteiger partial charge in [0.15, 0.2) is 0 Å². The zero-order chi connectivity index (χ0) is 20.2. The van der Waals surface area contributed by atoms with Crippen LogP contribution in [0.25, 0.3) is 28.6 Å². The molecule has 0 radical (unpaired) electrons. The molecule has 0 saturated heterocycles. The average molecular weight is 387 g/mol. The second kappa shape index (κ2) is 8.39. The van der Waals surface area contributed by atoms with Gasteiger partial charge in [0.05, 0.1) is 17.6 Å². The Labute approximate surface area is 170 Å². The van der Waals surface area contributed by atoms with Crippen LogP contribution in [0.2, 0.25) is 0 Å². The van der Waals surface area contributed by atoms with Crippen LogP contribution in [-0.2, 0) is 6.42 Å². The van der Waals surface area contributed by atoms with Crippen molar-refractivity contribution in [1.82, 2.24) is 25.2 Å². The summed E-state index contributed by atoms with van der Waals surface area (Å²) in [6.45, 7) is 6.52. The summed E-state index contributed by atoms with van der Waals surface area (Å²) in [5, 5.41) is 16.9. The van der Waals surface area contributed by atoms with Gasteiger partial charge in [0.1, 0.15) is 0 Å². The van der Waals surface area contributed by atoms with Gasteiger partial charge in [0.2, 0.25) is 11.8 Å². The summed E-state index contributed by atoms with van der Waals surface area (Å²) in [6, 6.07) is 16.1. The monoisotopic (exact) mass is 387 g/mol. The van der Waals surface area contributed by atoms with Gasteiger partial charge >= 0.3 is 0 Å². The van der Waals surface area contributed by atoms with Gasteiger partial charge in [-0.1, -0.05) is 44.5 Å². The minimum atomic E-state index is 0.494. The fourth-order valence-electron chi connectivity index (χ4n) is 3.12. The number of aryl methyl sites for hydroxylation is 1. The SMILES string of the molecule is CCCCc1cn(-c2ccc(-c3nnc(-c4ccc(C(C)C)cc4)o3)cc2)nn1. The molecule has 0 atom stereocenters. The molecule has 4 rings (SSSR count). The molecular formula is C23H25N5O. The first kappa shape index (κ1) is 19.1. The molecule has 0 aliphatic carbocycles. The predicted molar refractivity (Wildman–Crippen MR) is 113 cm³/mol. The number of aromatic nitrogens is 5. The Morgan fingerprint density at radius 3 is 2.07 bits per heavy atom. The van der Waals surface area contributed by atoms with Gasteiger partial charge in [-0.2, -0.15) is 0 Å². The Kier molecular flexibility index (Phi) is 5.51. The second-order valence-corrected chi connectivity index (χ2v) is 7.49. The highest BCUT2D eigenvalue weighted by Crippen LogP contribution is 2.26. The molecule has 0 N–H and O–H groups in total. The number of hydrogen-bond donors (Lipinski definition) is 0. The zero-order valence-corrected chi connectivity index (χ0v) is 17.0. The molecule has 6 heteroatoms. The van der Waals surface area contributed by atoms with Crippen molar-refractivity contribution in [3.05, 3.63) is 66.0 Å². The molecule has 148 valence electrons. The largest absolute Gasteiger partial charge is 0.416 e. The fourth-order valence-corrected chi connectivity index (χ4v) is 3.12. The number of nitrogens with zero attached hydrogens (tertiary/aromatic N) is 5. The summed E-state index contributed by atoms with van der Waals surface area (Å²) in [5.74, 6) is 1.52. The van der Waals surface area contributed by atoms with Crippen LogP contribution in [0.5, 0.6) is 0 Å². The highest BCUT2D eigenvalue weighted by molar-refractivity contribution is 5.59. The van der Waals surface area contributed by atoms with E-state index in [1.54, 1.807) is 4.68 Å². The van der Waals surface area contributed by atoms with Crippen LogP contribution in [0.3, 0.4) is 0 Å². The van der Waals surface area contributed by atoms with Crippen LogP contribution in [0, 0.1) is 0 Å². The number of hydrogen-bond acceptors (Lipinski definition) is 5. The third-order valence-electron chi connectivity index (χ3n) is 4.96. The molecule has 6 nitrogen and oxygen atoms in total. The Hall–Kier alpha value is -3.28. The van der Waals surface area contributed by atoms with Gasteiger partial charge in [-0.15, -0.1) is 15.3 Å². The van der Waals surface area contributed by atoms with Crippen LogP contribution in [0.15, 0.2) is 59.1 Å². The first-order valence-electron chi connectivity index (χ1n) is 10.1. The minimum Gasteiger partial charge on any atom is -0.416 e. The third-order valence-corrected chi connectivity index (χ3v) is 4.96. The standard InChI is InChI=1S/C23H25N5O/c1-4-5-6-20-15-28(27-24-20)21-13-11-19(12-14-21)23-26-25-22(29-23)18-9-7-17(8-10-18)16(2)3/h7-16H,4-6H2,1-3H3. The molecule has 2 aromatic carbocycles. The Bertz CT molecular complexity index is 1060. The lowest BCUT2D eigenvalue weighted by Gasteiger charge is -2.04.